The Morgan fingerprint density at radius 2 is 1.88 bits per heavy atom. The van der Waals surface area contributed by atoms with Gasteiger partial charge in [0.15, 0.2) is 0 Å². The van der Waals surface area contributed by atoms with Crippen LogP contribution in [0.15, 0.2) is 24.3 Å². The summed E-state index contributed by atoms with van der Waals surface area (Å²) in [7, 11) is 0. The average Bonchev–Trinajstić information content (AvgIpc) is 3.01. The minimum absolute atomic E-state index is 0.142. The van der Waals surface area contributed by atoms with E-state index in [0.717, 1.165) is 19.5 Å². The molecular weight excluding hydrogens is 213 g/mol. The molecule has 1 nitrogen and oxygen atoms in total. The summed E-state index contributed by atoms with van der Waals surface area (Å²) in [6.45, 7) is 6.65. The van der Waals surface area contributed by atoms with Crippen LogP contribution in [0.4, 0.5) is 4.39 Å². The highest BCUT2D eigenvalue weighted by molar-refractivity contribution is 5.19. The number of nitrogens with one attached hydrogen (secondary N) is 1. The van der Waals surface area contributed by atoms with Crippen LogP contribution in [-0.2, 0) is 6.42 Å². The minimum atomic E-state index is -0.142. The van der Waals surface area contributed by atoms with Crippen LogP contribution >= 0.6 is 0 Å². The van der Waals surface area contributed by atoms with Crippen molar-refractivity contribution in [2.75, 3.05) is 13.1 Å². The van der Waals surface area contributed by atoms with Crippen molar-refractivity contribution >= 4 is 0 Å². The van der Waals surface area contributed by atoms with Crippen molar-refractivity contribution in [2.45, 2.75) is 33.1 Å². The molecule has 1 N–H and O–H groups in total. The Labute approximate surface area is 103 Å². The molecule has 0 bridgehead atoms. The van der Waals surface area contributed by atoms with Crippen molar-refractivity contribution in [3.05, 3.63) is 35.6 Å². The van der Waals surface area contributed by atoms with Crippen LogP contribution in [0.2, 0.25) is 0 Å². The van der Waals surface area contributed by atoms with E-state index in [-0.39, 0.29) is 5.82 Å². The quantitative estimate of drug-likeness (QED) is 0.797. The summed E-state index contributed by atoms with van der Waals surface area (Å²) in [5.41, 5.74) is 1.71. The van der Waals surface area contributed by atoms with E-state index in [2.05, 4.69) is 19.2 Å². The lowest BCUT2D eigenvalue weighted by molar-refractivity contribution is 0.431. The minimum Gasteiger partial charge on any atom is -0.316 e. The zero-order valence-corrected chi connectivity index (χ0v) is 10.8. The summed E-state index contributed by atoms with van der Waals surface area (Å²) in [5, 5.41) is 3.55. The van der Waals surface area contributed by atoms with E-state index in [1.54, 1.807) is 12.1 Å². The Balaban J connectivity index is 1.83. The molecule has 1 aliphatic rings. The van der Waals surface area contributed by atoms with Gasteiger partial charge in [0.2, 0.25) is 0 Å². The number of benzene rings is 1. The van der Waals surface area contributed by atoms with Crippen molar-refractivity contribution in [1.82, 2.24) is 5.32 Å². The lowest BCUT2D eigenvalue weighted by Crippen LogP contribution is -2.28. The Morgan fingerprint density at radius 3 is 2.41 bits per heavy atom. The molecule has 2 rings (SSSR count). The Hall–Kier alpha value is -0.890. The van der Waals surface area contributed by atoms with Crippen LogP contribution in [0.25, 0.3) is 0 Å². The van der Waals surface area contributed by atoms with Crippen molar-refractivity contribution in [3.63, 3.8) is 0 Å². The van der Waals surface area contributed by atoms with Gasteiger partial charge in [-0.2, -0.15) is 0 Å². The SMILES string of the molecule is CC(C)CNCC1(Cc2ccc(F)cc2)CC1. The van der Waals surface area contributed by atoms with Crippen LogP contribution in [0.3, 0.4) is 0 Å². The predicted octanol–water partition coefficient (Wildman–Crippen LogP) is 3.39. The van der Waals surface area contributed by atoms with Crippen LogP contribution in [0, 0.1) is 17.2 Å². The van der Waals surface area contributed by atoms with Crippen molar-refractivity contribution < 1.29 is 4.39 Å². The first-order valence-electron chi connectivity index (χ1n) is 6.55. The van der Waals surface area contributed by atoms with Gasteiger partial charge in [-0.25, -0.2) is 4.39 Å². The van der Waals surface area contributed by atoms with E-state index in [4.69, 9.17) is 0 Å². The van der Waals surface area contributed by atoms with Crippen molar-refractivity contribution in [1.29, 1.82) is 0 Å². The van der Waals surface area contributed by atoms with Gasteiger partial charge in [0.05, 0.1) is 0 Å². The molecule has 0 saturated heterocycles. The second-order valence-corrected chi connectivity index (χ2v) is 5.83. The van der Waals surface area contributed by atoms with Crippen LogP contribution < -0.4 is 5.32 Å². The number of hydrogen-bond acceptors (Lipinski definition) is 1. The molecule has 1 aromatic rings. The summed E-state index contributed by atoms with van der Waals surface area (Å²) in [6, 6.07) is 6.95. The number of hydrogen-bond donors (Lipinski definition) is 1. The average molecular weight is 235 g/mol. The van der Waals surface area contributed by atoms with E-state index in [0.29, 0.717) is 11.3 Å². The van der Waals surface area contributed by atoms with Gasteiger partial charge in [0, 0.05) is 6.54 Å². The molecule has 1 aromatic carbocycles. The largest absolute Gasteiger partial charge is 0.316 e. The van der Waals surface area contributed by atoms with E-state index >= 15 is 0 Å². The Morgan fingerprint density at radius 1 is 1.24 bits per heavy atom. The maximum Gasteiger partial charge on any atom is 0.123 e. The van der Waals surface area contributed by atoms with E-state index < -0.39 is 0 Å². The van der Waals surface area contributed by atoms with Gasteiger partial charge in [-0.3, -0.25) is 0 Å². The summed E-state index contributed by atoms with van der Waals surface area (Å²) >= 11 is 0. The normalized spacial score (nSPS) is 17.4. The van der Waals surface area contributed by atoms with Gasteiger partial charge >= 0.3 is 0 Å². The molecule has 0 radical (unpaired) electrons. The van der Waals surface area contributed by atoms with Gasteiger partial charge in [-0.05, 0) is 54.8 Å². The summed E-state index contributed by atoms with van der Waals surface area (Å²) in [4.78, 5) is 0. The van der Waals surface area contributed by atoms with Crippen LogP contribution in [-0.4, -0.2) is 13.1 Å². The third-order valence-corrected chi connectivity index (χ3v) is 3.50. The summed E-state index contributed by atoms with van der Waals surface area (Å²) in [6.07, 6.45) is 3.68. The molecule has 0 spiro atoms. The Kier molecular flexibility index (Phi) is 3.82. The molecule has 0 aromatic heterocycles. The van der Waals surface area contributed by atoms with Gasteiger partial charge in [-0.1, -0.05) is 26.0 Å². The molecule has 94 valence electrons. The molecule has 2 heteroatoms. The lowest BCUT2D eigenvalue weighted by Gasteiger charge is -2.17. The fraction of sp³-hybridized carbons (Fsp3) is 0.600. The molecule has 17 heavy (non-hydrogen) atoms. The highest BCUT2D eigenvalue weighted by Crippen LogP contribution is 2.47. The van der Waals surface area contributed by atoms with E-state index in [1.807, 2.05) is 12.1 Å². The highest BCUT2D eigenvalue weighted by Gasteiger charge is 2.41. The number of halogens is 1. The van der Waals surface area contributed by atoms with Gasteiger partial charge < -0.3 is 5.32 Å². The Bertz CT molecular complexity index is 352. The monoisotopic (exact) mass is 235 g/mol. The summed E-state index contributed by atoms with van der Waals surface area (Å²) < 4.78 is 12.8. The first-order chi connectivity index (χ1) is 8.10. The van der Waals surface area contributed by atoms with Crippen LogP contribution in [0.1, 0.15) is 32.3 Å². The second-order valence-electron chi connectivity index (χ2n) is 5.83. The first kappa shape index (κ1) is 12.6. The highest BCUT2D eigenvalue weighted by atomic mass is 19.1. The van der Waals surface area contributed by atoms with Gasteiger partial charge in [0.25, 0.3) is 0 Å². The molecule has 1 saturated carbocycles. The molecular formula is C15H22FN. The smallest absolute Gasteiger partial charge is 0.123 e. The lowest BCUT2D eigenvalue weighted by atomic mass is 9.96. The molecule has 1 fully saturated rings. The number of rotatable bonds is 6. The maximum absolute atomic E-state index is 12.8. The topological polar surface area (TPSA) is 12.0 Å². The third kappa shape index (κ3) is 3.81. The first-order valence-corrected chi connectivity index (χ1v) is 6.55. The predicted molar refractivity (Wildman–Crippen MR) is 69.5 cm³/mol. The molecule has 0 atom stereocenters. The van der Waals surface area contributed by atoms with Crippen molar-refractivity contribution in [2.24, 2.45) is 11.3 Å². The maximum atomic E-state index is 12.8. The zero-order valence-electron chi connectivity index (χ0n) is 10.8. The fourth-order valence-electron chi connectivity index (χ4n) is 2.25. The molecule has 0 aliphatic heterocycles. The molecule has 0 heterocycles. The molecule has 1 aliphatic carbocycles. The van der Waals surface area contributed by atoms with Gasteiger partial charge in [-0.15, -0.1) is 0 Å². The standard InChI is InChI=1S/C15H22FN/c1-12(2)10-17-11-15(7-8-15)9-13-3-5-14(16)6-4-13/h3-6,12,17H,7-11H2,1-2H3. The molecule has 0 amide bonds. The second kappa shape index (κ2) is 5.18. The van der Waals surface area contributed by atoms with E-state index in [1.165, 1.54) is 18.4 Å². The van der Waals surface area contributed by atoms with Crippen molar-refractivity contribution in [3.8, 4) is 0 Å². The third-order valence-electron chi connectivity index (χ3n) is 3.50. The summed E-state index contributed by atoms with van der Waals surface area (Å²) in [5.74, 6) is 0.563. The van der Waals surface area contributed by atoms with E-state index in [9.17, 15) is 4.39 Å². The zero-order chi connectivity index (χ0) is 12.3. The fourth-order valence-corrected chi connectivity index (χ4v) is 2.25. The van der Waals surface area contributed by atoms with Crippen LogP contribution in [0.5, 0.6) is 0 Å². The van der Waals surface area contributed by atoms with Gasteiger partial charge in [0.1, 0.15) is 5.82 Å². The molecule has 0 unspecified atom stereocenters.